The number of sulfonamides is 1. The highest BCUT2D eigenvalue weighted by molar-refractivity contribution is 7.91. The van der Waals surface area contributed by atoms with Crippen molar-refractivity contribution in [3.05, 3.63) is 46.6 Å². The molecule has 1 aromatic carbocycles. The lowest BCUT2D eigenvalue weighted by Crippen LogP contribution is -2.41. The van der Waals surface area contributed by atoms with Gasteiger partial charge in [-0.05, 0) is 42.5 Å². The first kappa shape index (κ1) is 18.3. The van der Waals surface area contributed by atoms with Crippen molar-refractivity contribution in [3.8, 4) is 0 Å². The molecule has 0 bridgehead atoms. The predicted octanol–water partition coefficient (Wildman–Crippen LogP) is 3.58. The number of anilines is 1. The third-order valence-electron chi connectivity index (χ3n) is 4.10. The fourth-order valence-corrected chi connectivity index (χ4v) is 5.49. The zero-order chi connectivity index (χ0) is 18.0. The molecular formula is C16H16ClFN2O3S2. The number of thiophene rings is 1. The first-order chi connectivity index (χ1) is 11.9. The van der Waals surface area contributed by atoms with Crippen LogP contribution in [0, 0.1) is 11.7 Å². The third kappa shape index (κ3) is 4.03. The minimum absolute atomic E-state index is 0.0723. The Labute approximate surface area is 154 Å². The standard InChI is InChI=1S/C16H16ClFN2O3S2/c17-12-3-4-14(13(18)10-12)19-16(21)11-5-7-20(8-6-11)25(22,23)15-2-1-9-24-15/h1-4,9-11H,5-8H2,(H,19,21). The van der Waals surface area contributed by atoms with Crippen molar-refractivity contribution in [3.63, 3.8) is 0 Å². The van der Waals surface area contributed by atoms with E-state index in [0.717, 1.165) is 6.07 Å². The normalized spacial score (nSPS) is 16.7. The minimum Gasteiger partial charge on any atom is -0.323 e. The summed E-state index contributed by atoms with van der Waals surface area (Å²) in [5.74, 6) is -1.27. The van der Waals surface area contributed by atoms with Crippen molar-refractivity contribution < 1.29 is 17.6 Å². The topological polar surface area (TPSA) is 66.5 Å². The molecule has 1 aliphatic heterocycles. The van der Waals surface area contributed by atoms with Gasteiger partial charge in [0, 0.05) is 24.0 Å². The van der Waals surface area contributed by atoms with E-state index in [1.54, 1.807) is 17.5 Å². The summed E-state index contributed by atoms with van der Waals surface area (Å²) in [4.78, 5) is 12.3. The van der Waals surface area contributed by atoms with Gasteiger partial charge in [-0.3, -0.25) is 4.79 Å². The number of nitrogens with zero attached hydrogens (tertiary/aromatic N) is 1. The molecule has 0 aliphatic carbocycles. The van der Waals surface area contributed by atoms with Crippen LogP contribution in [0.5, 0.6) is 0 Å². The molecule has 1 saturated heterocycles. The molecule has 134 valence electrons. The zero-order valence-electron chi connectivity index (χ0n) is 13.1. The molecule has 1 amide bonds. The molecule has 0 unspecified atom stereocenters. The fraction of sp³-hybridized carbons (Fsp3) is 0.312. The molecule has 1 aromatic heterocycles. The van der Waals surface area contributed by atoms with Crippen molar-refractivity contribution in [2.24, 2.45) is 5.92 Å². The smallest absolute Gasteiger partial charge is 0.252 e. The maximum atomic E-state index is 13.8. The minimum atomic E-state index is -3.49. The lowest BCUT2D eigenvalue weighted by molar-refractivity contribution is -0.120. The number of benzene rings is 1. The molecule has 1 N–H and O–H groups in total. The van der Waals surface area contributed by atoms with Crippen LogP contribution in [0.25, 0.3) is 0 Å². The van der Waals surface area contributed by atoms with Crippen LogP contribution in [0.15, 0.2) is 39.9 Å². The van der Waals surface area contributed by atoms with E-state index in [0.29, 0.717) is 17.1 Å². The van der Waals surface area contributed by atoms with Crippen LogP contribution in [0.1, 0.15) is 12.8 Å². The van der Waals surface area contributed by atoms with Gasteiger partial charge >= 0.3 is 0 Å². The van der Waals surface area contributed by atoms with E-state index in [1.807, 2.05) is 0 Å². The molecule has 3 rings (SSSR count). The average molecular weight is 403 g/mol. The van der Waals surface area contributed by atoms with Crippen LogP contribution >= 0.6 is 22.9 Å². The zero-order valence-corrected chi connectivity index (χ0v) is 15.5. The molecule has 0 saturated carbocycles. The Morgan fingerprint density at radius 2 is 2.00 bits per heavy atom. The van der Waals surface area contributed by atoms with Gasteiger partial charge in [-0.1, -0.05) is 17.7 Å². The number of hydrogen-bond acceptors (Lipinski definition) is 4. The number of nitrogens with one attached hydrogen (secondary N) is 1. The van der Waals surface area contributed by atoms with E-state index in [1.165, 1.54) is 27.8 Å². The molecule has 2 aromatic rings. The van der Waals surface area contributed by atoms with Crippen LogP contribution in [-0.4, -0.2) is 31.7 Å². The Morgan fingerprint density at radius 3 is 2.60 bits per heavy atom. The Morgan fingerprint density at radius 1 is 1.28 bits per heavy atom. The van der Waals surface area contributed by atoms with E-state index in [-0.39, 0.29) is 35.6 Å². The van der Waals surface area contributed by atoms with Crippen molar-refractivity contribution in [2.75, 3.05) is 18.4 Å². The van der Waals surface area contributed by atoms with Crippen LogP contribution < -0.4 is 5.32 Å². The van der Waals surface area contributed by atoms with Gasteiger partial charge < -0.3 is 5.32 Å². The first-order valence-corrected chi connectivity index (χ1v) is 10.4. The Hall–Kier alpha value is -1.48. The number of hydrogen-bond donors (Lipinski definition) is 1. The summed E-state index contributed by atoms with van der Waals surface area (Å²) in [5.41, 5.74) is 0.0723. The molecule has 1 aliphatic rings. The predicted molar refractivity (Wildman–Crippen MR) is 95.8 cm³/mol. The van der Waals surface area contributed by atoms with E-state index in [9.17, 15) is 17.6 Å². The Bertz CT molecular complexity index is 864. The van der Waals surface area contributed by atoms with Crippen LogP contribution in [-0.2, 0) is 14.8 Å². The molecular weight excluding hydrogens is 387 g/mol. The highest BCUT2D eigenvalue weighted by Gasteiger charge is 2.32. The maximum absolute atomic E-state index is 13.8. The van der Waals surface area contributed by atoms with Gasteiger partial charge in [0.15, 0.2) is 0 Å². The largest absolute Gasteiger partial charge is 0.323 e. The van der Waals surface area contributed by atoms with Gasteiger partial charge in [-0.25, -0.2) is 12.8 Å². The summed E-state index contributed by atoms with van der Waals surface area (Å²) < 4.78 is 40.4. The monoisotopic (exact) mass is 402 g/mol. The van der Waals surface area contributed by atoms with E-state index >= 15 is 0 Å². The SMILES string of the molecule is O=C(Nc1ccc(Cl)cc1F)C1CCN(S(=O)(=O)c2cccs2)CC1. The highest BCUT2D eigenvalue weighted by atomic mass is 35.5. The van der Waals surface area contributed by atoms with Crippen molar-refractivity contribution in [2.45, 2.75) is 17.1 Å². The number of halogens is 2. The number of rotatable bonds is 4. The van der Waals surface area contributed by atoms with E-state index < -0.39 is 15.8 Å². The summed E-state index contributed by atoms with van der Waals surface area (Å²) in [6.07, 6.45) is 0.789. The third-order valence-corrected chi connectivity index (χ3v) is 7.61. The summed E-state index contributed by atoms with van der Waals surface area (Å²) in [6.45, 7) is 0.531. The molecule has 2 heterocycles. The second-order valence-electron chi connectivity index (χ2n) is 5.72. The fourth-order valence-electron chi connectivity index (χ4n) is 2.72. The lowest BCUT2D eigenvalue weighted by Gasteiger charge is -2.30. The quantitative estimate of drug-likeness (QED) is 0.849. The lowest BCUT2D eigenvalue weighted by atomic mass is 9.97. The van der Waals surface area contributed by atoms with E-state index in [2.05, 4.69) is 5.32 Å². The van der Waals surface area contributed by atoms with Crippen LogP contribution in [0.2, 0.25) is 5.02 Å². The Kier molecular flexibility index (Phi) is 5.43. The second kappa shape index (κ2) is 7.41. The van der Waals surface area contributed by atoms with Gasteiger partial charge in [0.25, 0.3) is 10.0 Å². The number of carbonyl (C=O) groups is 1. The van der Waals surface area contributed by atoms with Crippen LogP contribution in [0.4, 0.5) is 10.1 Å². The Balaban J connectivity index is 1.61. The number of carbonyl (C=O) groups excluding carboxylic acids is 1. The second-order valence-corrected chi connectivity index (χ2v) is 9.27. The van der Waals surface area contributed by atoms with Crippen molar-refractivity contribution >= 4 is 44.6 Å². The van der Waals surface area contributed by atoms with Crippen molar-refractivity contribution in [1.82, 2.24) is 4.31 Å². The maximum Gasteiger partial charge on any atom is 0.252 e. The highest BCUT2D eigenvalue weighted by Crippen LogP contribution is 2.27. The molecule has 0 atom stereocenters. The summed E-state index contributed by atoms with van der Waals surface area (Å²) in [5, 5.41) is 4.52. The van der Waals surface area contributed by atoms with Gasteiger partial charge in [0.1, 0.15) is 10.0 Å². The molecule has 5 nitrogen and oxygen atoms in total. The van der Waals surface area contributed by atoms with Gasteiger partial charge in [-0.2, -0.15) is 4.31 Å². The summed E-state index contributed by atoms with van der Waals surface area (Å²) in [6, 6.07) is 7.30. The van der Waals surface area contributed by atoms with E-state index in [4.69, 9.17) is 11.6 Å². The number of amides is 1. The average Bonchev–Trinajstić information content (AvgIpc) is 3.13. The molecule has 1 fully saturated rings. The van der Waals surface area contributed by atoms with Gasteiger partial charge in [0.05, 0.1) is 5.69 Å². The number of piperidine rings is 1. The van der Waals surface area contributed by atoms with Crippen molar-refractivity contribution in [1.29, 1.82) is 0 Å². The van der Waals surface area contributed by atoms with Crippen LogP contribution in [0.3, 0.4) is 0 Å². The summed E-state index contributed by atoms with van der Waals surface area (Å²) in [7, 11) is -3.49. The van der Waals surface area contributed by atoms with Gasteiger partial charge in [0.2, 0.25) is 5.91 Å². The van der Waals surface area contributed by atoms with Gasteiger partial charge in [-0.15, -0.1) is 11.3 Å². The molecule has 0 spiro atoms. The molecule has 9 heteroatoms. The first-order valence-electron chi connectivity index (χ1n) is 7.67. The molecule has 25 heavy (non-hydrogen) atoms. The summed E-state index contributed by atoms with van der Waals surface area (Å²) >= 11 is 6.86. The molecule has 0 radical (unpaired) electrons.